The molecule has 0 saturated carbocycles. The van der Waals surface area contributed by atoms with Gasteiger partial charge in [-0.3, -0.25) is 4.79 Å². The first-order valence-electron chi connectivity index (χ1n) is 6.42. The minimum absolute atomic E-state index is 0.0167. The molecule has 1 aromatic carbocycles. The van der Waals surface area contributed by atoms with Gasteiger partial charge in [-0.05, 0) is 24.0 Å². The Morgan fingerprint density at radius 3 is 2.33 bits per heavy atom. The van der Waals surface area contributed by atoms with Crippen molar-refractivity contribution in [3.8, 4) is 0 Å². The second-order valence-electron chi connectivity index (χ2n) is 5.26. The predicted octanol–water partition coefficient (Wildman–Crippen LogP) is 4.03. The molecule has 1 aromatic rings. The molecule has 0 bridgehead atoms. The number of esters is 1. The number of halogens is 1. The third-order valence-electron chi connectivity index (χ3n) is 3.53. The van der Waals surface area contributed by atoms with E-state index in [0.29, 0.717) is 16.3 Å². The van der Waals surface area contributed by atoms with Gasteiger partial charge < -0.3 is 4.74 Å². The van der Waals surface area contributed by atoms with Crippen LogP contribution in [0.3, 0.4) is 0 Å². The molecule has 0 spiro atoms. The molecule has 0 N–H and O–H groups in total. The van der Waals surface area contributed by atoms with Crippen LogP contribution in [0.1, 0.15) is 50.2 Å². The van der Waals surface area contributed by atoms with Crippen molar-refractivity contribution in [2.75, 3.05) is 0 Å². The number of carbonyl (C=O) groups excluding carboxylic acids is 1. The van der Waals surface area contributed by atoms with E-state index in [1.807, 2.05) is 0 Å². The second-order valence-corrected chi connectivity index (χ2v) is 7.23. The quantitative estimate of drug-likeness (QED) is 0.463. The van der Waals surface area contributed by atoms with Gasteiger partial charge in [-0.15, -0.1) is 0 Å². The lowest BCUT2D eigenvalue weighted by Gasteiger charge is -2.20. The SMILES string of the molecule is CC(C)c1ccc(C2CC(=O)OC2C(C)I)cc1. The van der Waals surface area contributed by atoms with Crippen LogP contribution in [-0.2, 0) is 9.53 Å². The number of hydrogen-bond donors (Lipinski definition) is 0. The fourth-order valence-electron chi connectivity index (χ4n) is 2.43. The average molecular weight is 358 g/mol. The van der Waals surface area contributed by atoms with E-state index >= 15 is 0 Å². The Balaban J connectivity index is 2.22. The van der Waals surface area contributed by atoms with Gasteiger partial charge in [0.05, 0.1) is 6.42 Å². The third kappa shape index (κ3) is 2.87. The molecular formula is C15H19IO2. The zero-order chi connectivity index (χ0) is 13.3. The summed E-state index contributed by atoms with van der Waals surface area (Å²) >= 11 is 2.34. The molecule has 1 heterocycles. The zero-order valence-electron chi connectivity index (χ0n) is 11.0. The van der Waals surface area contributed by atoms with Gasteiger partial charge in [-0.25, -0.2) is 0 Å². The Bertz CT molecular complexity index is 423. The van der Waals surface area contributed by atoms with Gasteiger partial charge in [0, 0.05) is 9.84 Å². The highest BCUT2D eigenvalue weighted by molar-refractivity contribution is 14.1. The van der Waals surface area contributed by atoms with Crippen LogP contribution in [0.2, 0.25) is 0 Å². The fourth-order valence-corrected chi connectivity index (χ4v) is 3.08. The molecule has 2 rings (SSSR count). The van der Waals surface area contributed by atoms with Crippen molar-refractivity contribution in [3.05, 3.63) is 35.4 Å². The minimum Gasteiger partial charge on any atom is -0.461 e. The van der Waals surface area contributed by atoms with Crippen LogP contribution in [0.25, 0.3) is 0 Å². The first-order chi connectivity index (χ1) is 8.49. The summed E-state index contributed by atoms with van der Waals surface area (Å²) in [5.74, 6) is 0.687. The van der Waals surface area contributed by atoms with Crippen molar-refractivity contribution in [2.24, 2.45) is 0 Å². The van der Waals surface area contributed by atoms with E-state index in [1.165, 1.54) is 11.1 Å². The van der Waals surface area contributed by atoms with Gasteiger partial charge >= 0.3 is 5.97 Å². The van der Waals surface area contributed by atoms with Crippen molar-refractivity contribution in [2.45, 2.75) is 49.1 Å². The van der Waals surface area contributed by atoms with E-state index in [-0.39, 0.29) is 18.0 Å². The Hall–Kier alpha value is -0.580. The van der Waals surface area contributed by atoms with Gasteiger partial charge in [-0.2, -0.15) is 0 Å². The number of benzene rings is 1. The number of hydrogen-bond acceptors (Lipinski definition) is 2. The molecule has 1 saturated heterocycles. The monoisotopic (exact) mass is 358 g/mol. The largest absolute Gasteiger partial charge is 0.461 e. The maximum atomic E-state index is 11.5. The highest BCUT2D eigenvalue weighted by Crippen LogP contribution is 2.36. The van der Waals surface area contributed by atoms with E-state index in [0.717, 1.165) is 0 Å². The molecule has 2 nitrogen and oxygen atoms in total. The first-order valence-corrected chi connectivity index (χ1v) is 7.67. The standard InChI is InChI=1S/C15H19IO2/c1-9(2)11-4-6-12(7-5-11)13-8-14(17)18-15(13)10(3)16/h4-7,9-10,13,15H,8H2,1-3H3. The molecule has 3 unspecified atom stereocenters. The molecule has 1 fully saturated rings. The third-order valence-corrected chi connectivity index (χ3v) is 4.24. The number of ether oxygens (including phenoxy) is 1. The van der Waals surface area contributed by atoms with E-state index in [2.05, 4.69) is 67.6 Å². The summed E-state index contributed by atoms with van der Waals surface area (Å²) in [4.78, 5) is 11.5. The summed E-state index contributed by atoms with van der Waals surface area (Å²) in [6.07, 6.45) is 0.530. The molecule has 1 aliphatic rings. The number of rotatable bonds is 3. The fraction of sp³-hybridized carbons (Fsp3) is 0.533. The van der Waals surface area contributed by atoms with E-state index < -0.39 is 0 Å². The molecular weight excluding hydrogens is 339 g/mol. The maximum Gasteiger partial charge on any atom is 0.306 e. The average Bonchev–Trinajstić information content (AvgIpc) is 2.71. The molecule has 1 aliphatic heterocycles. The molecule has 3 heteroatoms. The van der Waals surface area contributed by atoms with Crippen LogP contribution < -0.4 is 0 Å². The van der Waals surface area contributed by atoms with Crippen molar-refractivity contribution in [1.29, 1.82) is 0 Å². The summed E-state index contributed by atoms with van der Waals surface area (Å²) in [6, 6.07) is 8.62. The lowest BCUT2D eigenvalue weighted by atomic mass is 9.89. The van der Waals surface area contributed by atoms with Gasteiger partial charge in [0.25, 0.3) is 0 Å². The number of carbonyl (C=O) groups is 1. The number of cyclic esters (lactones) is 1. The minimum atomic E-state index is -0.0681. The maximum absolute atomic E-state index is 11.5. The lowest BCUT2D eigenvalue weighted by Crippen LogP contribution is -2.23. The molecule has 0 amide bonds. The molecule has 18 heavy (non-hydrogen) atoms. The Morgan fingerprint density at radius 1 is 1.22 bits per heavy atom. The topological polar surface area (TPSA) is 26.3 Å². The van der Waals surface area contributed by atoms with Crippen LogP contribution in [0.15, 0.2) is 24.3 Å². The van der Waals surface area contributed by atoms with Crippen molar-refractivity contribution >= 4 is 28.6 Å². The summed E-state index contributed by atoms with van der Waals surface area (Å²) in [7, 11) is 0. The predicted molar refractivity (Wildman–Crippen MR) is 81.3 cm³/mol. The van der Waals surface area contributed by atoms with Gasteiger partial charge in [0.2, 0.25) is 0 Å². The first kappa shape index (κ1) is 13.8. The van der Waals surface area contributed by atoms with Crippen molar-refractivity contribution < 1.29 is 9.53 Å². The van der Waals surface area contributed by atoms with Gasteiger partial charge in [0.1, 0.15) is 6.10 Å². The van der Waals surface area contributed by atoms with Gasteiger partial charge in [0.15, 0.2) is 0 Å². The van der Waals surface area contributed by atoms with Crippen LogP contribution in [0.5, 0.6) is 0 Å². The Kier molecular flexibility index (Phi) is 4.30. The summed E-state index contributed by atoms with van der Waals surface area (Å²) in [5.41, 5.74) is 2.56. The van der Waals surface area contributed by atoms with Crippen molar-refractivity contribution in [1.82, 2.24) is 0 Å². The Morgan fingerprint density at radius 2 is 1.83 bits per heavy atom. The summed E-state index contributed by atoms with van der Waals surface area (Å²) in [6.45, 7) is 6.47. The van der Waals surface area contributed by atoms with Crippen LogP contribution in [0.4, 0.5) is 0 Å². The normalized spacial score (nSPS) is 25.3. The zero-order valence-corrected chi connectivity index (χ0v) is 13.2. The molecule has 0 aliphatic carbocycles. The van der Waals surface area contributed by atoms with Crippen LogP contribution in [0, 0.1) is 0 Å². The molecule has 0 radical (unpaired) electrons. The van der Waals surface area contributed by atoms with E-state index in [1.54, 1.807) is 0 Å². The van der Waals surface area contributed by atoms with E-state index in [4.69, 9.17) is 4.74 Å². The van der Waals surface area contributed by atoms with Crippen LogP contribution >= 0.6 is 22.6 Å². The van der Waals surface area contributed by atoms with Crippen molar-refractivity contribution in [3.63, 3.8) is 0 Å². The summed E-state index contributed by atoms with van der Waals surface area (Å²) in [5, 5.41) is 0. The Labute approximate surface area is 122 Å². The van der Waals surface area contributed by atoms with E-state index in [9.17, 15) is 4.79 Å². The smallest absolute Gasteiger partial charge is 0.306 e. The second kappa shape index (κ2) is 5.59. The molecule has 3 atom stereocenters. The summed E-state index contributed by atoms with van der Waals surface area (Å²) < 4.78 is 5.76. The lowest BCUT2D eigenvalue weighted by molar-refractivity contribution is -0.141. The molecule has 98 valence electrons. The number of alkyl halides is 1. The van der Waals surface area contributed by atoms with Crippen LogP contribution in [-0.4, -0.2) is 16.0 Å². The van der Waals surface area contributed by atoms with Gasteiger partial charge in [-0.1, -0.05) is 60.7 Å². The highest BCUT2D eigenvalue weighted by atomic mass is 127. The highest BCUT2D eigenvalue weighted by Gasteiger charge is 2.38. The molecule has 0 aromatic heterocycles.